The van der Waals surface area contributed by atoms with E-state index in [1.807, 2.05) is 6.07 Å². The van der Waals surface area contributed by atoms with Crippen LogP contribution in [0.2, 0.25) is 0 Å². The van der Waals surface area contributed by atoms with Crippen molar-refractivity contribution in [2.45, 2.75) is 12.8 Å². The van der Waals surface area contributed by atoms with E-state index in [0.717, 1.165) is 24.8 Å². The molecule has 1 N–H and O–H groups in total. The van der Waals surface area contributed by atoms with Gasteiger partial charge in [0.15, 0.2) is 0 Å². The molecule has 1 saturated carbocycles. The molecule has 0 amide bonds. The van der Waals surface area contributed by atoms with Crippen molar-refractivity contribution in [2.75, 3.05) is 32.2 Å². The number of methoxy groups -OCH3 is 1. The molecule has 1 fully saturated rings. The number of rotatable bonds is 7. The first kappa shape index (κ1) is 12.8. The summed E-state index contributed by atoms with van der Waals surface area (Å²) in [4.78, 5) is 15.2. The third-order valence-corrected chi connectivity index (χ3v) is 2.78. The summed E-state index contributed by atoms with van der Waals surface area (Å²) in [5.74, 6) is 0.362. The lowest BCUT2D eigenvalue weighted by Crippen LogP contribution is -2.11. The van der Waals surface area contributed by atoms with Gasteiger partial charge >= 0.3 is 5.97 Å². The number of aromatic nitrogens is 1. The van der Waals surface area contributed by atoms with Crippen molar-refractivity contribution in [1.29, 1.82) is 0 Å². The van der Waals surface area contributed by atoms with Crippen molar-refractivity contribution < 1.29 is 14.3 Å². The van der Waals surface area contributed by atoms with E-state index >= 15 is 0 Å². The second-order valence-electron chi connectivity index (χ2n) is 4.37. The Morgan fingerprint density at radius 1 is 1.56 bits per heavy atom. The zero-order chi connectivity index (χ0) is 12.8. The number of nitrogens with one attached hydrogen (secondary N) is 1. The van der Waals surface area contributed by atoms with Crippen LogP contribution in [0.3, 0.4) is 0 Å². The van der Waals surface area contributed by atoms with Gasteiger partial charge in [-0.05, 0) is 30.9 Å². The molecule has 1 heterocycles. The number of esters is 1. The van der Waals surface area contributed by atoms with E-state index in [-0.39, 0.29) is 0 Å². The Hall–Kier alpha value is -1.62. The van der Waals surface area contributed by atoms with Gasteiger partial charge < -0.3 is 14.8 Å². The summed E-state index contributed by atoms with van der Waals surface area (Å²) >= 11 is 0. The minimum Gasteiger partial charge on any atom is -0.464 e. The highest BCUT2D eigenvalue weighted by atomic mass is 16.5. The van der Waals surface area contributed by atoms with Crippen LogP contribution >= 0.6 is 0 Å². The van der Waals surface area contributed by atoms with E-state index in [9.17, 15) is 4.79 Å². The van der Waals surface area contributed by atoms with Crippen LogP contribution in [0, 0.1) is 5.92 Å². The third-order valence-electron chi connectivity index (χ3n) is 2.78. The van der Waals surface area contributed by atoms with Gasteiger partial charge in [-0.3, -0.25) is 0 Å². The van der Waals surface area contributed by atoms with Crippen LogP contribution in [0.15, 0.2) is 18.3 Å². The number of anilines is 1. The molecule has 5 nitrogen and oxygen atoms in total. The lowest BCUT2D eigenvalue weighted by atomic mass is 10.3. The lowest BCUT2D eigenvalue weighted by Gasteiger charge is -2.07. The molecule has 1 aliphatic carbocycles. The third kappa shape index (κ3) is 4.00. The summed E-state index contributed by atoms with van der Waals surface area (Å²) in [5, 5.41) is 3.19. The molecule has 0 aromatic carbocycles. The molecule has 0 aliphatic heterocycles. The molecule has 0 radical (unpaired) electrons. The molecule has 1 aromatic heterocycles. The predicted molar refractivity (Wildman–Crippen MR) is 67.6 cm³/mol. The number of carbonyl (C=O) groups is 1. The van der Waals surface area contributed by atoms with Crippen LogP contribution in [-0.4, -0.2) is 37.8 Å². The molecule has 2 rings (SSSR count). The topological polar surface area (TPSA) is 60.5 Å². The fourth-order valence-electron chi connectivity index (χ4n) is 1.56. The molecule has 0 atom stereocenters. The van der Waals surface area contributed by atoms with Crippen LogP contribution in [0.4, 0.5) is 5.69 Å². The van der Waals surface area contributed by atoms with Gasteiger partial charge in [0.25, 0.3) is 0 Å². The van der Waals surface area contributed by atoms with Crippen LogP contribution < -0.4 is 5.32 Å². The Morgan fingerprint density at radius 2 is 2.39 bits per heavy atom. The maximum atomic E-state index is 11.3. The monoisotopic (exact) mass is 250 g/mol. The zero-order valence-corrected chi connectivity index (χ0v) is 10.5. The SMILES string of the molecule is COC(=O)c1cc(NCCOCC2CC2)ccn1. The smallest absolute Gasteiger partial charge is 0.356 e. The fraction of sp³-hybridized carbons (Fsp3) is 0.538. The van der Waals surface area contributed by atoms with Crippen LogP contribution in [-0.2, 0) is 9.47 Å². The first-order chi connectivity index (χ1) is 8.79. The Kier molecular flexibility index (Phi) is 4.52. The van der Waals surface area contributed by atoms with Crippen LogP contribution in [0.1, 0.15) is 23.3 Å². The number of hydrogen-bond acceptors (Lipinski definition) is 5. The Morgan fingerprint density at radius 3 is 3.11 bits per heavy atom. The van der Waals surface area contributed by atoms with E-state index in [1.165, 1.54) is 20.0 Å². The second-order valence-corrected chi connectivity index (χ2v) is 4.37. The van der Waals surface area contributed by atoms with Gasteiger partial charge in [0, 0.05) is 25.0 Å². The Bertz CT molecular complexity index is 405. The summed E-state index contributed by atoms with van der Waals surface area (Å²) in [7, 11) is 1.34. The van der Waals surface area contributed by atoms with Crippen molar-refractivity contribution in [3.05, 3.63) is 24.0 Å². The molecule has 1 aromatic rings. The molecule has 18 heavy (non-hydrogen) atoms. The fourth-order valence-corrected chi connectivity index (χ4v) is 1.56. The van der Waals surface area contributed by atoms with E-state index in [0.29, 0.717) is 12.3 Å². The highest BCUT2D eigenvalue weighted by Gasteiger charge is 2.20. The summed E-state index contributed by atoms with van der Waals surface area (Å²) in [6.45, 7) is 2.26. The summed E-state index contributed by atoms with van der Waals surface area (Å²) in [5.41, 5.74) is 1.15. The first-order valence-corrected chi connectivity index (χ1v) is 6.15. The maximum absolute atomic E-state index is 11.3. The average molecular weight is 250 g/mol. The van der Waals surface area contributed by atoms with Gasteiger partial charge in [-0.1, -0.05) is 0 Å². The van der Waals surface area contributed by atoms with E-state index in [2.05, 4.69) is 15.0 Å². The number of nitrogens with zero attached hydrogens (tertiary/aromatic N) is 1. The normalized spacial score (nSPS) is 14.3. The summed E-state index contributed by atoms with van der Waals surface area (Å²) in [6.07, 6.45) is 4.19. The number of ether oxygens (including phenoxy) is 2. The molecule has 0 saturated heterocycles. The molecule has 0 unspecified atom stereocenters. The first-order valence-electron chi connectivity index (χ1n) is 6.15. The Labute approximate surface area is 107 Å². The van der Waals surface area contributed by atoms with Crippen LogP contribution in [0.25, 0.3) is 0 Å². The van der Waals surface area contributed by atoms with Crippen molar-refractivity contribution in [1.82, 2.24) is 4.98 Å². The Balaban J connectivity index is 1.72. The largest absolute Gasteiger partial charge is 0.464 e. The van der Waals surface area contributed by atoms with Gasteiger partial charge in [0.1, 0.15) is 5.69 Å². The number of carbonyl (C=O) groups excluding carboxylic acids is 1. The van der Waals surface area contributed by atoms with E-state index < -0.39 is 5.97 Å². The second kappa shape index (κ2) is 6.35. The molecular formula is C13H18N2O3. The van der Waals surface area contributed by atoms with Crippen molar-refractivity contribution in [3.8, 4) is 0 Å². The highest BCUT2D eigenvalue weighted by Crippen LogP contribution is 2.28. The predicted octanol–water partition coefficient (Wildman–Crippen LogP) is 1.71. The van der Waals surface area contributed by atoms with Crippen molar-refractivity contribution in [2.24, 2.45) is 5.92 Å². The van der Waals surface area contributed by atoms with Gasteiger partial charge in [-0.15, -0.1) is 0 Å². The molecular weight excluding hydrogens is 232 g/mol. The number of hydrogen-bond donors (Lipinski definition) is 1. The maximum Gasteiger partial charge on any atom is 0.356 e. The minimum absolute atomic E-state index is 0.307. The van der Waals surface area contributed by atoms with Crippen molar-refractivity contribution in [3.63, 3.8) is 0 Å². The van der Waals surface area contributed by atoms with Gasteiger partial charge in [0.05, 0.1) is 13.7 Å². The number of pyridine rings is 1. The zero-order valence-electron chi connectivity index (χ0n) is 10.5. The summed E-state index contributed by atoms with van der Waals surface area (Å²) in [6, 6.07) is 3.49. The molecule has 0 spiro atoms. The van der Waals surface area contributed by atoms with Gasteiger partial charge in [-0.2, -0.15) is 0 Å². The standard InChI is InChI=1S/C13H18N2O3/c1-17-13(16)12-8-11(4-5-15-12)14-6-7-18-9-10-2-3-10/h4-5,8,10H,2-3,6-7,9H2,1H3,(H,14,15). The molecule has 1 aliphatic rings. The quantitative estimate of drug-likeness (QED) is 0.589. The van der Waals surface area contributed by atoms with Gasteiger partial charge in [0.2, 0.25) is 0 Å². The minimum atomic E-state index is -0.427. The van der Waals surface area contributed by atoms with Crippen LogP contribution in [0.5, 0.6) is 0 Å². The average Bonchev–Trinajstić information content (AvgIpc) is 3.22. The molecule has 98 valence electrons. The van der Waals surface area contributed by atoms with Crippen molar-refractivity contribution >= 4 is 11.7 Å². The van der Waals surface area contributed by atoms with E-state index in [4.69, 9.17) is 4.74 Å². The van der Waals surface area contributed by atoms with Gasteiger partial charge in [-0.25, -0.2) is 9.78 Å². The van der Waals surface area contributed by atoms with E-state index in [1.54, 1.807) is 12.3 Å². The summed E-state index contributed by atoms with van der Waals surface area (Å²) < 4.78 is 10.1. The molecule has 5 heteroatoms. The molecule has 0 bridgehead atoms. The lowest BCUT2D eigenvalue weighted by molar-refractivity contribution is 0.0594. The highest BCUT2D eigenvalue weighted by molar-refractivity contribution is 5.88.